The van der Waals surface area contributed by atoms with Gasteiger partial charge in [0.1, 0.15) is 0 Å². The van der Waals surface area contributed by atoms with Crippen molar-refractivity contribution in [2.45, 2.75) is 20.4 Å². The van der Waals surface area contributed by atoms with Crippen molar-refractivity contribution in [2.24, 2.45) is 7.05 Å². The standard InChI is InChI=1S/C11H14ClN5/c1-7-8(2)16-11(10(12)15-7)13-4-9-5-14-17(3)6-9/h5-6H,4H2,1-3H3,(H,13,16). The summed E-state index contributed by atoms with van der Waals surface area (Å²) in [6.45, 7) is 4.43. The molecule has 0 aliphatic heterocycles. The number of halogens is 1. The van der Waals surface area contributed by atoms with Gasteiger partial charge in [0.25, 0.3) is 0 Å². The van der Waals surface area contributed by atoms with E-state index in [1.807, 2.05) is 27.1 Å². The molecule has 2 aromatic heterocycles. The molecule has 0 aliphatic rings. The summed E-state index contributed by atoms with van der Waals surface area (Å²) >= 11 is 6.02. The van der Waals surface area contributed by atoms with Gasteiger partial charge in [0.2, 0.25) is 0 Å². The topological polar surface area (TPSA) is 55.6 Å². The molecule has 17 heavy (non-hydrogen) atoms. The number of nitrogens with one attached hydrogen (secondary N) is 1. The lowest BCUT2D eigenvalue weighted by Gasteiger charge is -2.08. The zero-order valence-corrected chi connectivity index (χ0v) is 10.8. The summed E-state index contributed by atoms with van der Waals surface area (Å²) in [5.74, 6) is 0.610. The molecule has 0 saturated carbocycles. The van der Waals surface area contributed by atoms with Gasteiger partial charge in [-0.15, -0.1) is 0 Å². The first-order chi connectivity index (χ1) is 8.06. The van der Waals surface area contributed by atoms with Crippen molar-refractivity contribution < 1.29 is 0 Å². The Morgan fingerprint density at radius 1 is 1.29 bits per heavy atom. The molecule has 2 aromatic rings. The fourth-order valence-corrected chi connectivity index (χ4v) is 1.67. The third-order valence-corrected chi connectivity index (χ3v) is 2.75. The third-order valence-electron chi connectivity index (χ3n) is 2.48. The van der Waals surface area contributed by atoms with Crippen molar-refractivity contribution in [2.75, 3.05) is 5.32 Å². The first-order valence-corrected chi connectivity index (χ1v) is 5.66. The second-order valence-corrected chi connectivity index (χ2v) is 4.27. The normalized spacial score (nSPS) is 10.6. The molecule has 0 saturated heterocycles. The average Bonchev–Trinajstić information content (AvgIpc) is 2.68. The van der Waals surface area contributed by atoms with Crippen LogP contribution in [0.4, 0.5) is 5.82 Å². The minimum Gasteiger partial charge on any atom is -0.363 e. The van der Waals surface area contributed by atoms with E-state index < -0.39 is 0 Å². The van der Waals surface area contributed by atoms with Crippen LogP contribution in [0.2, 0.25) is 5.15 Å². The van der Waals surface area contributed by atoms with Gasteiger partial charge in [-0.25, -0.2) is 9.97 Å². The van der Waals surface area contributed by atoms with Gasteiger partial charge in [0, 0.05) is 25.4 Å². The van der Waals surface area contributed by atoms with Crippen LogP contribution < -0.4 is 5.32 Å². The Hall–Kier alpha value is -1.62. The maximum atomic E-state index is 6.02. The second kappa shape index (κ2) is 4.71. The van der Waals surface area contributed by atoms with Crippen LogP contribution in [-0.2, 0) is 13.6 Å². The minimum atomic E-state index is 0.400. The number of hydrogen-bond donors (Lipinski definition) is 1. The van der Waals surface area contributed by atoms with Crippen molar-refractivity contribution in [1.29, 1.82) is 0 Å². The van der Waals surface area contributed by atoms with E-state index in [-0.39, 0.29) is 0 Å². The highest BCUT2D eigenvalue weighted by atomic mass is 35.5. The van der Waals surface area contributed by atoms with Gasteiger partial charge < -0.3 is 5.32 Å². The monoisotopic (exact) mass is 251 g/mol. The van der Waals surface area contributed by atoms with E-state index >= 15 is 0 Å². The molecule has 5 nitrogen and oxygen atoms in total. The van der Waals surface area contributed by atoms with E-state index in [1.165, 1.54) is 0 Å². The lowest BCUT2D eigenvalue weighted by molar-refractivity contribution is 0.767. The molecule has 0 amide bonds. The van der Waals surface area contributed by atoms with Crippen LogP contribution in [0.5, 0.6) is 0 Å². The average molecular weight is 252 g/mol. The van der Waals surface area contributed by atoms with Crippen molar-refractivity contribution in [3.8, 4) is 0 Å². The Balaban J connectivity index is 2.11. The molecule has 2 rings (SSSR count). The molecule has 0 atom stereocenters. The number of nitrogens with zero attached hydrogens (tertiary/aromatic N) is 4. The molecule has 0 radical (unpaired) electrons. The van der Waals surface area contributed by atoms with Crippen LogP contribution in [-0.4, -0.2) is 19.7 Å². The maximum absolute atomic E-state index is 6.02. The Morgan fingerprint density at radius 3 is 2.65 bits per heavy atom. The molecule has 90 valence electrons. The van der Waals surface area contributed by atoms with Crippen LogP contribution in [0.15, 0.2) is 12.4 Å². The number of rotatable bonds is 3. The maximum Gasteiger partial charge on any atom is 0.171 e. The van der Waals surface area contributed by atoms with Crippen LogP contribution in [0.25, 0.3) is 0 Å². The first-order valence-electron chi connectivity index (χ1n) is 5.28. The highest BCUT2D eigenvalue weighted by Crippen LogP contribution is 2.18. The number of hydrogen-bond acceptors (Lipinski definition) is 4. The van der Waals surface area contributed by atoms with Gasteiger partial charge in [0.05, 0.1) is 17.6 Å². The molecule has 0 spiro atoms. The summed E-state index contributed by atoms with van der Waals surface area (Å²) in [7, 11) is 1.88. The molecule has 0 aromatic carbocycles. The SMILES string of the molecule is Cc1nc(Cl)c(NCc2cnn(C)c2)nc1C. The van der Waals surface area contributed by atoms with Crippen molar-refractivity contribution in [3.05, 3.63) is 34.5 Å². The van der Waals surface area contributed by atoms with Gasteiger partial charge in [-0.2, -0.15) is 5.10 Å². The van der Waals surface area contributed by atoms with Crippen molar-refractivity contribution >= 4 is 17.4 Å². The van der Waals surface area contributed by atoms with E-state index in [2.05, 4.69) is 20.4 Å². The zero-order valence-electron chi connectivity index (χ0n) is 10.0. The summed E-state index contributed by atoms with van der Waals surface area (Å²) in [6.07, 6.45) is 3.74. The zero-order chi connectivity index (χ0) is 12.4. The Bertz CT molecular complexity index is 535. The van der Waals surface area contributed by atoms with E-state index in [1.54, 1.807) is 10.9 Å². The summed E-state index contributed by atoms with van der Waals surface area (Å²) in [5, 5.41) is 7.64. The molecule has 6 heteroatoms. The van der Waals surface area contributed by atoms with Gasteiger partial charge in [-0.3, -0.25) is 4.68 Å². The number of anilines is 1. The van der Waals surface area contributed by atoms with Crippen LogP contribution >= 0.6 is 11.6 Å². The fraction of sp³-hybridized carbons (Fsp3) is 0.364. The quantitative estimate of drug-likeness (QED) is 0.908. The third kappa shape index (κ3) is 2.74. The van der Waals surface area contributed by atoms with Gasteiger partial charge in [-0.05, 0) is 13.8 Å². The van der Waals surface area contributed by atoms with Gasteiger partial charge in [-0.1, -0.05) is 11.6 Å². The fourth-order valence-electron chi connectivity index (χ4n) is 1.44. The van der Waals surface area contributed by atoms with Crippen LogP contribution in [0.3, 0.4) is 0 Å². The van der Waals surface area contributed by atoms with Gasteiger partial charge in [0.15, 0.2) is 11.0 Å². The Kier molecular flexibility index (Phi) is 3.28. The largest absolute Gasteiger partial charge is 0.363 e. The smallest absolute Gasteiger partial charge is 0.171 e. The minimum absolute atomic E-state index is 0.400. The highest BCUT2D eigenvalue weighted by molar-refractivity contribution is 6.31. The lowest BCUT2D eigenvalue weighted by atomic mass is 10.3. The van der Waals surface area contributed by atoms with Crippen LogP contribution in [0.1, 0.15) is 17.0 Å². The van der Waals surface area contributed by atoms with Crippen molar-refractivity contribution in [3.63, 3.8) is 0 Å². The van der Waals surface area contributed by atoms with E-state index in [9.17, 15) is 0 Å². The highest BCUT2D eigenvalue weighted by Gasteiger charge is 2.06. The molecule has 1 N–H and O–H groups in total. The van der Waals surface area contributed by atoms with Crippen molar-refractivity contribution in [1.82, 2.24) is 19.7 Å². The molecule has 2 heterocycles. The predicted octanol–water partition coefficient (Wildman–Crippen LogP) is 2.09. The lowest BCUT2D eigenvalue weighted by Crippen LogP contribution is -2.04. The van der Waals surface area contributed by atoms with E-state index in [4.69, 9.17) is 11.6 Å². The summed E-state index contributed by atoms with van der Waals surface area (Å²) in [5.41, 5.74) is 2.80. The molecular weight excluding hydrogens is 238 g/mol. The molecule has 0 unspecified atom stereocenters. The van der Waals surface area contributed by atoms with Gasteiger partial charge >= 0.3 is 0 Å². The van der Waals surface area contributed by atoms with E-state index in [0.717, 1.165) is 17.0 Å². The second-order valence-electron chi connectivity index (χ2n) is 3.91. The van der Waals surface area contributed by atoms with Crippen LogP contribution in [0, 0.1) is 13.8 Å². The summed E-state index contributed by atoms with van der Waals surface area (Å²) in [6, 6.07) is 0. The summed E-state index contributed by atoms with van der Waals surface area (Å²) < 4.78 is 1.75. The molecule has 0 aliphatic carbocycles. The molecule has 0 fully saturated rings. The molecule has 0 bridgehead atoms. The van der Waals surface area contributed by atoms with E-state index in [0.29, 0.717) is 17.5 Å². The summed E-state index contributed by atoms with van der Waals surface area (Å²) in [4.78, 5) is 8.57. The number of aryl methyl sites for hydroxylation is 3. The Morgan fingerprint density at radius 2 is 2.00 bits per heavy atom. The Labute approximate surface area is 105 Å². The number of aromatic nitrogens is 4. The molecular formula is C11H14ClN5. The first kappa shape index (κ1) is 11.9. The predicted molar refractivity (Wildman–Crippen MR) is 67.1 cm³/mol.